The molecule has 14 heavy (non-hydrogen) atoms. The van der Waals surface area contributed by atoms with Crippen LogP contribution in [0.15, 0.2) is 0 Å². The molecule has 1 heterocycles. The van der Waals surface area contributed by atoms with E-state index in [0.29, 0.717) is 0 Å². The summed E-state index contributed by atoms with van der Waals surface area (Å²) in [5.41, 5.74) is 0. The van der Waals surface area contributed by atoms with E-state index in [0.717, 1.165) is 0 Å². The molecule has 4 N–H and O–H groups in total. The second-order valence-electron chi connectivity index (χ2n) is 2.97. The molecule has 0 aromatic carbocycles. The van der Waals surface area contributed by atoms with E-state index in [4.69, 9.17) is 15.3 Å². The van der Waals surface area contributed by atoms with Crippen LogP contribution in [0, 0.1) is 0 Å². The predicted molar refractivity (Wildman–Crippen MR) is 41.3 cm³/mol. The molecular formula is C7H12O7. The smallest absolute Gasteiger partial charge is 0.335 e. The van der Waals surface area contributed by atoms with Crippen molar-refractivity contribution in [2.45, 2.75) is 30.7 Å². The third-order valence-corrected chi connectivity index (χ3v) is 2.08. The molecule has 0 aromatic heterocycles. The summed E-state index contributed by atoms with van der Waals surface area (Å²) in [6.07, 6.45) is -7.49. The van der Waals surface area contributed by atoms with Crippen LogP contribution in [0.25, 0.3) is 0 Å². The van der Waals surface area contributed by atoms with Gasteiger partial charge in [-0.25, -0.2) is 4.79 Å². The maximum atomic E-state index is 10.6. The van der Waals surface area contributed by atoms with Gasteiger partial charge < -0.3 is 29.9 Å². The molecule has 0 aliphatic carbocycles. The highest BCUT2D eigenvalue weighted by molar-refractivity contribution is 5.73. The lowest BCUT2D eigenvalue weighted by atomic mass is 9.99. The van der Waals surface area contributed by atoms with Crippen LogP contribution < -0.4 is 0 Å². The number of carboxylic acids is 1. The minimum atomic E-state index is -1.72. The number of aliphatic hydroxyl groups is 3. The highest BCUT2D eigenvalue weighted by Crippen LogP contribution is 2.21. The molecule has 1 aliphatic rings. The third kappa shape index (κ3) is 1.86. The number of carbonyl (C=O) groups is 1. The van der Waals surface area contributed by atoms with Gasteiger partial charge in [-0.3, -0.25) is 0 Å². The summed E-state index contributed by atoms with van der Waals surface area (Å²) in [4.78, 5) is 10.6. The summed E-state index contributed by atoms with van der Waals surface area (Å²) in [6, 6.07) is 0. The van der Waals surface area contributed by atoms with Gasteiger partial charge in [-0.2, -0.15) is 0 Å². The molecule has 0 unspecified atom stereocenters. The van der Waals surface area contributed by atoms with Crippen LogP contribution in [0.2, 0.25) is 0 Å². The van der Waals surface area contributed by atoms with E-state index >= 15 is 0 Å². The Morgan fingerprint density at radius 1 is 1.29 bits per heavy atom. The average Bonchev–Trinajstić information content (AvgIpc) is 2.13. The van der Waals surface area contributed by atoms with Crippen LogP contribution in [0.3, 0.4) is 0 Å². The number of methoxy groups -OCH3 is 1. The highest BCUT2D eigenvalue weighted by Gasteiger charge is 2.47. The van der Waals surface area contributed by atoms with Crippen LogP contribution in [-0.4, -0.2) is 64.2 Å². The molecule has 0 radical (unpaired) electrons. The summed E-state index contributed by atoms with van der Waals surface area (Å²) in [5.74, 6) is -1.37. The van der Waals surface area contributed by atoms with Gasteiger partial charge in [-0.1, -0.05) is 0 Å². The first kappa shape index (κ1) is 11.3. The summed E-state index contributed by atoms with van der Waals surface area (Å²) >= 11 is 0. The van der Waals surface area contributed by atoms with Crippen molar-refractivity contribution >= 4 is 5.97 Å². The van der Waals surface area contributed by atoms with Crippen LogP contribution in [0.1, 0.15) is 0 Å². The van der Waals surface area contributed by atoms with Gasteiger partial charge in [-0.05, 0) is 0 Å². The molecule has 1 fully saturated rings. The van der Waals surface area contributed by atoms with E-state index in [1.807, 2.05) is 0 Å². The Morgan fingerprint density at radius 2 is 1.86 bits per heavy atom. The van der Waals surface area contributed by atoms with Crippen molar-refractivity contribution in [2.24, 2.45) is 0 Å². The van der Waals surface area contributed by atoms with E-state index in [1.165, 1.54) is 7.11 Å². The summed E-state index contributed by atoms with van der Waals surface area (Å²) in [6.45, 7) is 0. The first-order chi connectivity index (χ1) is 6.49. The Labute approximate surface area is 79.5 Å². The lowest BCUT2D eigenvalue weighted by Gasteiger charge is -2.37. The molecule has 5 atom stereocenters. The van der Waals surface area contributed by atoms with Crippen molar-refractivity contribution in [3.63, 3.8) is 0 Å². The molecule has 0 aromatic rings. The SMILES string of the molecule is CO[C@H]1[C@H](O)[C@H](O)[C@H](O)O[C@@H]1C(=O)O. The van der Waals surface area contributed by atoms with Crippen molar-refractivity contribution in [3.8, 4) is 0 Å². The Bertz CT molecular complexity index is 218. The molecule has 0 saturated carbocycles. The first-order valence-corrected chi connectivity index (χ1v) is 3.94. The quantitative estimate of drug-likeness (QED) is 0.397. The summed E-state index contributed by atoms with van der Waals surface area (Å²) < 4.78 is 9.22. The third-order valence-electron chi connectivity index (χ3n) is 2.08. The zero-order valence-electron chi connectivity index (χ0n) is 7.40. The fraction of sp³-hybridized carbons (Fsp3) is 0.857. The van der Waals surface area contributed by atoms with Gasteiger partial charge in [0.25, 0.3) is 0 Å². The second kappa shape index (κ2) is 4.20. The lowest BCUT2D eigenvalue weighted by Crippen LogP contribution is -2.60. The van der Waals surface area contributed by atoms with Crippen molar-refractivity contribution in [1.82, 2.24) is 0 Å². The fourth-order valence-electron chi connectivity index (χ4n) is 1.31. The Hall–Kier alpha value is -0.730. The van der Waals surface area contributed by atoms with E-state index in [-0.39, 0.29) is 0 Å². The van der Waals surface area contributed by atoms with Crippen LogP contribution in [-0.2, 0) is 14.3 Å². The van der Waals surface area contributed by atoms with E-state index in [9.17, 15) is 9.90 Å². The van der Waals surface area contributed by atoms with Gasteiger partial charge in [0.15, 0.2) is 12.4 Å². The van der Waals surface area contributed by atoms with Crippen molar-refractivity contribution in [2.75, 3.05) is 7.11 Å². The van der Waals surface area contributed by atoms with Gasteiger partial charge in [0.05, 0.1) is 0 Å². The van der Waals surface area contributed by atoms with Crippen molar-refractivity contribution in [3.05, 3.63) is 0 Å². The van der Waals surface area contributed by atoms with E-state index in [1.54, 1.807) is 0 Å². The minimum absolute atomic E-state index is 1.18. The second-order valence-corrected chi connectivity index (χ2v) is 2.97. The number of ether oxygens (including phenoxy) is 2. The monoisotopic (exact) mass is 208 g/mol. The number of hydrogen-bond acceptors (Lipinski definition) is 6. The van der Waals surface area contributed by atoms with E-state index in [2.05, 4.69) is 9.47 Å². The van der Waals surface area contributed by atoms with Crippen molar-refractivity contribution < 1.29 is 34.7 Å². The lowest BCUT2D eigenvalue weighted by molar-refractivity contribution is -0.283. The highest BCUT2D eigenvalue weighted by atomic mass is 16.7. The van der Waals surface area contributed by atoms with Crippen molar-refractivity contribution in [1.29, 1.82) is 0 Å². The Kier molecular flexibility index (Phi) is 3.40. The van der Waals surface area contributed by atoms with Gasteiger partial charge >= 0.3 is 5.97 Å². The first-order valence-electron chi connectivity index (χ1n) is 3.94. The van der Waals surface area contributed by atoms with Gasteiger partial charge in [0, 0.05) is 7.11 Å². The number of aliphatic carboxylic acids is 1. The van der Waals surface area contributed by atoms with Gasteiger partial charge in [0.2, 0.25) is 0 Å². The fourth-order valence-corrected chi connectivity index (χ4v) is 1.31. The maximum absolute atomic E-state index is 10.6. The summed E-state index contributed by atoms with van der Waals surface area (Å²) in [5, 5.41) is 36.2. The molecule has 82 valence electrons. The van der Waals surface area contributed by atoms with Crippen LogP contribution in [0.4, 0.5) is 0 Å². The molecule has 0 bridgehead atoms. The molecule has 7 heteroatoms. The van der Waals surface area contributed by atoms with Gasteiger partial charge in [-0.15, -0.1) is 0 Å². The normalized spacial score (nSPS) is 43.6. The topological polar surface area (TPSA) is 116 Å². The Balaban J connectivity index is 2.82. The predicted octanol–water partition coefficient (Wildman–Crippen LogP) is -2.47. The van der Waals surface area contributed by atoms with Gasteiger partial charge in [0.1, 0.15) is 18.3 Å². The molecule has 0 amide bonds. The molecule has 0 spiro atoms. The molecule has 1 saturated heterocycles. The average molecular weight is 208 g/mol. The van der Waals surface area contributed by atoms with Crippen LogP contribution >= 0.6 is 0 Å². The zero-order valence-corrected chi connectivity index (χ0v) is 7.40. The number of carboxylic acid groups (broad SMARTS) is 1. The molecule has 1 aliphatic heterocycles. The maximum Gasteiger partial charge on any atom is 0.335 e. The number of hydrogen-bond donors (Lipinski definition) is 4. The number of aliphatic hydroxyl groups excluding tert-OH is 3. The standard InChI is InChI=1S/C7H12O7/c1-13-4-2(8)3(9)7(12)14-5(4)6(10)11/h2-5,7-9,12H,1H3,(H,10,11)/t2-,3+,4+,5+,7-/m1/s1. The molecule has 7 nitrogen and oxygen atoms in total. The van der Waals surface area contributed by atoms with E-state index < -0.39 is 36.7 Å². The Morgan fingerprint density at radius 3 is 2.29 bits per heavy atom. The molecule has 1 rings (SSSR count). The van der Waals surface area contributed by atoms with Crippen LogP contribution in [0.5, 0.6) is 0 Å². The molecular weight excluding hydrogens is 196 g/mol. The largest absolute Gasteiger partial charge is 0.479 e. The summed E-state index contributed by atoms with van der Waals surface area (Å²) in [7, 11) is 1.18. The number of rotatable bonds is 2. The zero-order chi connectivity index (χ0) is 10.9. The minimum Gasteiger partial charge on any atom is -0.479 e.